The topological polar surface area (TPSA) is 139 Å². The van der Waals surface area contributed by atoms with Gasteiger partial charge in [0.2, 0.25) is 0 Å². The number of rotatable bonds is 4. The summed E-state index contributed by atoms with van der Waals surface area (Å²) in [6.07, 6.45) is 0. The van der Waals surface area contributed by atoms with Crippen LogP contribution in [-0.2, 0) is 19.0 Å². The zero-order valence-corrected chi connectivity index (χ0v) is 5.39. The summed E-state index contributed by atoms with van der Waals surface area (Å²) in [6.45, 7) is 0. The lowest BCUT2D eigenvalue weighted by molar-refractivity contribution is -0.744. The number of hydrogen-bond acceptors (Lipinski definition) is 8. The molecule has 0 saturated heterocycles. The van der Waals surface area contributed by atoms with Crippen LogP contribution in [0.1, 0.15) is 0 Å². The van der Waals surface area contributed by atoms with E-state index in [4.69, 9.17) is 0 Å². The minimum Gasteiger partial charge on any atom is -0.172 e. The van der Waals surface area contributed by atoms with E-state index in [0.717, 1.165) is 0 Å². The second-order valence-electron chi connectivity index (χ2n) is 1.00. The van der Waals surface area contributed by atoms with Gasteiger partial charge in [0, 0.05) is 0 Å². The maximum absolute atomic E-state index is 9.92. The lowest BCUT2D eigenvalue weighted by Crippen LogP contribution is -2.17. The van der Waals surface area contributed by atoms with Gasteiger partial charge in [0.15, 0.2) is 0 Å². The van der Waals surface area contributed by atoms with Crippen molar-refractivity contribution in [1.82, 2.24) is 0 Å². The Bertz CT molecular complexity index is 238. The van der Waals surface area contributed by atoms with Gasteiger partial charge in [0.1, 0.15) is 0 Å². The van der Waals surface area contributed by atoms with E-state index >= 15 is 0 Å². The van der Waals surface area contributed by atoms with E-state index in [-0.39, 0.29) is 0 Å². The molecule has 0 aliphatic rings. The molecule has 11 heavy (non-hydrogen) atoms. The highest BCUT2D eigenvalue weighted by Gasteiger charge is 2.20. The van der Waals surface area contributed by atoms with E-state index in [1.807, 2.05) is 0 Å². The Morgan fingerprint density at radius 2 is 1.27 bits per heavy atom. The van der Waals surface area contributed by atoms with Crippen LogP contribution in [0.25, 0.3) is 0 Å². The van der Waals surface area contributed by atoms with Crippen molar-refractivity contribution >= 4 is 10.4 Å². The van der Waals surface area contributed by atoms with E-state index in [1.165, 1.54) is 0 Å². The maximum Gasteiger partial charge on any atom is 0.463 e. The minimum atomic E-state index is -5.18. The Morgan fingerprint density at radius 1 is 1.00 bits per heavy atom. The van der Waals surface area contributed by atoms with Gasteiger partial charge in [0.25, 0.3) is 0 Å². The summed E-state index contributed by atoms with van der Waals surface area (Å²) in [4.78, 5) is 18.6. The molecular weight excluding hydrogens is 188 g/mol. The first-order valence-corrected chi connectivity index (χ1v) is 3.10. The van der Waals surface area contributed by atoms with Crippen LogP contribution >= 0.6 is 0 Å². The zero-order valence-electron chi connectivity index (χ0n) is 4.57. The third-order valence-corrected chi connectivity index (χ3v) is 0.913. The first-order chi connectivity index (χ1) is 4.83. The fourth-order valence-electron chi connectivity index (χ4n) is 0.163. The lowest BCUT2D eigenvalue weighted by Gasteiger charge is -1.94. The molecular formula is N2O8S. The highest BCUT2D eigenvalue weighted by atomic mass is 32.3. The first-order valence-electron chi connectivity index (χ1n) is 1.76. The minimum absolute atomic E-state index is 1.75. The molecule has 0 aliphatic carbocycles. The molecule has 0 aromatic carbocycles. The van der Waals surface area contributed by atoms with Crippen molar-refractivity contribution in [1.29, 1.82) is 0 Å². The predicted molar refractivity (Wildman–Crippen MR) is 25.1 cm³/mol. The van der Waals surface area contributed by atoms with Crippen LogP contribution in [0.15, 0.2) is 0 Å². The molecule has 0 aliphatic heterocycles. The van der Waals surface area contributed by atoms with Crippen LogP contribution in [0, 0.1) is 20.2 Å². The highest BCUT2D eigenvalue weighted by Crippen LogP contribution is 1.94. The van der Waals surface area contributed by atoms with Crippen molar-refractivity contribution in [3.8, 4) is 0 Å². The van der Waals surface area contributed by atoms with Crippen LogP contribution in [0.3, 0.4) is 0 Å². The molecule has 0 unspecified atom stereocenters. The molecule has 0 saturated carbocycles. The molecule has 0 aromatic rings. The van der Waals surface area contributed by atoms with Crippen molar-refractivity contribution in [3.63, 3.8) is 0 Å². The largest absolute Gasteiger partial charge is 0.463 e. The number of hydrogen-bond donors (Lipinski definition) is 0. The van der Waals surface area contributed by atoms with Gasteiger partial charge >= 0.3 is 20.6 Å². The van der Waals surface area contributed by atoms with Gasteiger partial charge in [-0.05, 0) is 0 Å². The molecule has 0 aromatic heterocycles. The van der Waals surface area contributed by atoms with Gasteiger partial charge in [-0.25, -0.2) is 0 Å². The highest BCUT2D eigenvalue weighted by molar-refractivity contribution is 7.81. The van der Waals surface area contributed by atoms with Gasteiger partial charge in [-0.2, -0.15) is 17.0 Å². The number of nitrogens with zero attached hydrogens (tertiary/aromatic N) is 2. The molecule has 0 radical (unpaired) electrons. The van der Waals surface area contributed by atoms with Gasteiger partial charge in [0.05, 0.1) is 0 Å². The molecule has 0 fully saturated rings. The molecule has 11 heteroatoms. The summed E-state index contributed by atoms with van der Waals surface area (Å²) < 4.78 is 25.4. The fourth-order valence-corrected chi connectivity index (χ4v) is 0.488. The summed E-state index contributed by atoms with van der Waals surface area (Å²) in [5.74, 6) is 0. The van der Waals surface area contributed by atoms with Crippen LogP contribution in [-0.4, -0.2) is 18.6 Å². The first kappa shape index (κ1) is 9.35. The van der Waals surface area contributed by atoms with Crippen LogP contribution in [0.4, 0.5) is 0 Å². The van der Waals surface area contributed by atoms with E-state index in [2.05, 4.69) is 8.57 Å². The van der Waals surface area contributed by atoms with E-state index in [9.17, 15) is 28.6 Å². The summed E-state index contributed by atoms with van der Waals surface area (Å²) in [5, 5.41) is 15.1. The van der Waals surface area contributed by atoms with Crippen molar-refractivity contribution in [2.45, 2.75) is 0 Å². The molecule has 0 rings (SSSR count). The summed E-state index contributed by atoms with van der Waals surface area (Å²) >= 11 is 0. The molecule has 10 nitrogen and oxygen atoms in total. The van der Waals surface area contributed by atoms with Crippen molar-refractivity contribution in [2.75, 3.05) is 0 Å². The van der Waals surface area contributed by atoms with Crippen LogP contribution in [0.5, 0.6) is 0 Å². The Balaban J connectivity index is 4.25. The Labute approximate surface area is 58.9 Å². The second-order valence-corrected chi connectivity index (χ2v) is 2.12. The summed E-state index contributed by atoms with van der Waals surface area (Å²) in [5.41, 5.74) is 0. The SMILES string of the molecule is O=[N+]([O-])OS(=O)(=O)O[N+](=O)[O-]. The lowest BCUT2D eigenvalue weighted by atomic mass is 13.1. The van der Waals surface area contributed by atoms with Gasteiger partial charge < -0.3 is 0 Å². The van der Waals surface area contributed by atoms with Crippen molar-refractivity contribution in [2.24, 2.45) is 0 Å². The van der Waals surface area contributed by atoms with Crippen molar-refractivity contribution in [3.05, 3.63) is 20.2 Å². The zero-order chi connectivity index (χ0) is 9.07. The normalized spacial score (nSPS) is 10.2. The van der Waals surface area contributed by atoms with Gasteiger partial charge in [-0.1, -0.05) is 0 Å². The third-order valence-electron chi connectivity index (χ3n) is 0.304. The smallest absolute Gasteiger partial charge is 0.172 e. The van der Waals surface area contributed by atoms with Crippen LogP contribution < -0.4 is 0 Å². The maximum atomic E-state index is 9.92. The quantitative estimate of drug-likeness (QED) is 0.389. The van der Waals surface area contributed by atoms with E-state index in [0.29, 0.717) is 0 Å². The molecule has 64 valence electrons. The molecule has 0 amide bonds. The molecule has 0 bridgehead atoms. The average Bonchev–Trinajstić information content (AvgIpc) is 1.53. The molecule has 0 N–H and O–H groups in total. The van der Waals surface area contributed by atoms with Crippen molar-refractivity contribution < 1.29 is 27.2 Å². The standard InChI is InChI=1S/N2O8S/c3-1(4)9-11(7,8)10-2(5)6. The van der Waals surface area contributed by atoms with E-state index in [1.54, 1.807) is 0 Å². The predicted octanol–water partition coefficient (Wildman–Crippen LogP) is -1.35. The Kier molecular flexibility index (Phi) is 2.51. The van der Waals surface area contributed by atoms with Gasteiger partial charge in [-0.3, -0.25) is 0 Å². The Hall–Kier alpha value is -1.65. The molecule has 0 spiro atoms. The monoisotopic (exact) mass is 188 g/mol. The fraction of sp³-hybridized carbons (Fsp3) is 0. The third kappa shape index (κ3) is 4.83. The molecule has 0 heterocycles. The van der Waals surface area contributed by atoms with E-state index < -0.39 is 20.6 Å². The molecule has 0 atom stereocenters. The van der Waals surface area contributed by atoms with Gasteiger partial charge in [-0.15, -0.1) is 20.2 Å². The summed E-state index contributed by atoms with van der Waals surface area (Å²) in [7, 11) is -5.18. The second kappa shape index (κ2) is 2.96. The van der Waals surface area contributed by atoms with Crippen LogP contribution in [0.2, 0.25) is 0 Å². The summed E-state index contributed by atoms with van der Waals surface area (Å²) in [6, 6.07) is 0. The average molecular weight is 188 g/mol. The Morgan fingerprint density at radius 3 is 1.45 bits per heavy atom.